The Bertz CT molecular complexity index is 1790. The van der Waals surface area contributed by atoms with E-state index in [1.165, 1.54) is 23.2 Å². The average molecular weight is 685 g/mol. The summed E-state index contributed by atoms with van der Waals surface area (Å²) in [5, 5.41) is 11.7. The first-order valence-corrected chi connectivity index (χ1v) is 15.8. The van der Waals surface area contributed by atoms with Crippen LogP contribution in [0.2, 0.25) is 0 Å². The van der Waals surface area contributed by atoms with E-state index in [9.17, 15) is 22.8 Å². The molecule has 3 N–H and O–H groups in total. The number of rotatable bonds is 13. The minimum atomic E-state index is -4.72. The zero-order valence-electron chi connectivity index (χ0n) is 27.7. The average Bonchev–Trinajstić information content (AvgIpc) is 3.46. The molecular formula is C33H39F3N8O5. The molecule has 0 saturated heterocycles. The van der Waals surface area contributed by atoms with E-state index in [1.807, 2.05) is 11.9 Å². The lowest BCUT2D eigenvalue weighted by Gasteiger charge is -2.40. The van der Waals surface area contributed by atoms with Gasteiger partial charge in [0.15, 0.2) is 5.65 Å². The number of hydrogen-bond donors (Lipinski definition) is 3. The van der Waals surface area contributed by atoms with Crippen LogP contribution in [-0.2, 0) is 15.7 Å². The van der Waals surface area contributed by atoms with Crippen LogP contribution in [0.3, 0.4) is 0 Å². The van der Waals surface area contributed by atoms with Crippen LogP contribution in [0.4, 0.5) is 30.5 Å². The summed E-state index contributed by atoms with van der Waals surface area (Å²) in [6, 6.07) is 7.05. The number of amides is 1. The van der Waals surface area contributed by atoms with Gasteiger partial charge in [0, 0.05) is 44.8 Å². The zero-order chi connectivity index (χ0) is 35.3. The molecule has 1 aliphatic carbocycles. The van der Waals surface area contributed by atoms with Crippen LogP contribution < -0.4 is 19.9 Å². The lowest BCUT2D eigenvalue weighted by molar-refractivity contribution is -0.141. The fourth-order valence-electron chi connectivity index (χ4n) is 6.26. The molecule has 1 aliphatic rings. The Morgan fingerprint density at radius 3 is 2.45 bits per heavy atom. The number of aliphatic carboxylic acids is 1. The van der Waals surface area contributed by atoms with Gasteiger partial charge in [0.05, 0.1) is 36.5 Å². The highest BCUT2D eigenvalue weighted by molar-refractivity contribution is 6.03. The molecule has 4 aromatic rings. The molecule has 0 unspecified atom stereocenters. The van der Waals surface area contributed by atoms with Crippen molar-refractivity contribution in [2.24, 2.45) is 5.41 Å². The first kappa shape index (κ1) is 35.3. The van der Waals surface area contributed by atoms with Crippen molar-refractivity contribution in [1.29, 1.82) is 0 Å². The molecule has 1 fully saturated rings. The lowest BCUT2D eigenvalue weighted by atomic mass is 9.74. The molecule has 4 heterocycles. The van der Waals surface area contributed by atoms with Crippen molar-refractivity contribution in [3.63, 3.8) is 0 Å². The van der Waals surface area contributed by atoms with E-state index in [1.54, 1.807) is 33.2 Å². The number of carbonyl (C=O) groups excluding carboxylic acids is 1. The number of alkyl halides is 3. The number of halogens is 3. The number of pyridine rings is 3. The number of H-pyrrole nitrogens is 1. The van der Waals surface area contributed by atoms with E-state index in [4.69, 9.17) is 14.6 Å². The molecule has 49 heavy (non-hydrogen) atoms. The molecule has 13 nitrogen and oxygen atoms in total. The normalized spacial score (nSPS) is 14.4. The summed E-state index contributed by atoms with van der Waals surface area (Å²) in [6.07, 6.45) is 1.87. The molecule has 0 aromatic carbocycles. The maximum absolute atomic E-state index is 13.9. The van der Waals surface area contributed by atoms with Gasteiger partial charge in [-0.25, -0.2) is 15.0 Å². The van der Waals surface area contributed by atoms with Crippen LogP contribution in [0.1, 0.15) is 55.2 Å². The fraction of sp³-hybridized carbons (Fsp3) is 0.455. The molecule has 1 saturated carbocycles. The van der Waals surface area contributed by atoms with Crippen molar-refractivity contribution >= 4 is 40.4 Å². The van der Waals surface area contributed by atoms with Crippen LogP contribution in [0.25, 0.3) is 22.4 Å². The highest BCUT2D eigenvalue weighted by Crippen LogP contribution is 2.40. The van der Waals surface area contributed by atoms with Crippen molar-refractivity contribution in [2.45, 2.75) is 45.2 Å². The number of nitrogens with zero attached hydrogens (tertiary/aromatic N) is 6. The molecule has 262 valence electrons. The Labute approximate surface area is 280 Å². The maximum atomic E-state index is 13.9. The predicted octanol–water partition coefficient (Wildman–Crippen LogP) is 5.64. The lowest BCUT2D eigenvalue weighted by Crippen LogP contribution is -2.40. The third kappa shape index (κ3) is 8.36. The molecule has 0 aliphatic heterocycles. The van der Waals surface area contributed by atoms with Gasteiger partial charge in [-0.15, -0.1) is 0 Å². The smallest absolute Gasteiger partial charge is 0.433 e. The van der Waals surface area contributed by atoms with E-state index in [0.29, 0.717) is 30.0 Å². The van der Waals surface area contributed by atoms with Gasteiger partial charge < -0.3 is 29.4 Å². The number of carbonyl (C=O) groups is 2. The third-order valence-corrected chi connectivity index (χ3v) is 8.50. The number of aromatic amines is 1. The Kier molecular flexibility index (Phi) is 10.6. The number of methoxy groups -OCH3 is 1. The number of hydrogen-bond acceptors (Lipinski definition) is 10. The van der Waals surface area contributed by atoms with Gasteiger partial charge in [0.25, 0.3) is 5.91 Å². The highest BCUT2D eigenvalue weighted by atomic mass is 19.4. The van der Waals surface area contributed by atoms with Crippen LogP contribution in [0.15, 0.2) is 36.5 Å². The molecular weight excluding hydrogens is 645 g/mol. The standard InChI is InChI=1S/C33H39F3N8O5/c1-5-49-26-14-20(13-25(39-26)33(34,35)36)23-15-24(44(3)18-32(19-48-4)11-7-6-8-12-32)28-29(38-23)41-31(40-28)42-30(47)22-10-9-21(16-37-22)43(2)17-27(45)46/h9-10,13-16H,5-8,11-12,17-19H2,1-4H3,(H,45,46)(H2,38,40,41,42,47). The molecule has 0 bridgehead atoms. The minimum absolute atomic E-state index is 0.0534. The van der Waals surface area contributed by atoms with Gasteiger partial charge in [0.2, 0.25) is 11.8 Å². The summed E-state index contributed by atoms with van der Waals surface area (Å²) >= 11 is 0. The third-order valence-electron chi connectivity index (χ3n) is 8.50. The topological polar surface area (TPSA) is 159 Å². The van der Waals surface area contributed by atoms with Gasteiger partial charge in [-0.05, 0) is 44.0 Å². The second kappa shape index (κ2) is 14.6. The molecule has 16 heteroatoms. The van der Waals surface area contributed by atoms with E-state index in [0.717, 1.165) is 38.2 Å². The number of nitrogens with one attached hydrogen (secondary N) is 2. The minimum Gasteiger partial charge on any atom is -0.480 e. The summed E-state index contributed by atoms with van der Waals surface area (Å²) in [5.41, 5.74) is 0.909. The van der Waals surface area contributed by atoms with Crippen molar-refractivity contribution in [3.05, 3.63) is 47.9 Å². The number of aromatic nitrogens is 5. The molecule has 0 spiro atoms. The maximum Gasteiger partial charge on any atom is 0.433 e. The largest absolute Gasteiger partial charge is 0.480 e. The second-order valence-corrected chi connectivity index (χ2v) is 12.3. The number of fused-ring (bicyclic) bond motifs is 1. The van der Waals surface area contributed by atoms with Crippen LogP contribution >= 0.6 is 0 Å². The van der Waals surface area contributed by atoms with Crippen LogP contribution in [0.5, 0.6) is 5.88 Å². The highest BCUT2D eigenvalue weighted by Gasteiger charge is 2.35. The number of ether oxygens (including phenoxy) is 2. The van der Waals surface area contributed by atoms with Gasteiger partial charge in [0.1, 0.15) is 23.4 Å². The predicted molar refractivity (Wildman–Crippen MR) is 177 cm³/mol. The quantitative estimate of drug-likeness (QED) is 0.160. The van der Waals surface area contributed by atoms with Gasteiger partial charge in [-0.2, -0.15) is 18.2 Å². The Morgan fingerprint density at radius 1 is 1.06 bits per heavy atom. The fourth-order valence-corrected chi connectivity index (χ4v) is 6.26. The molecule has 0 radical (unpaired) electrons. The van der Waals surface area contributed by atoms with Crippen molar-refractivity contribution in [3.8, 4) is 17.1 Å². The number of imidazole rings is 1. The van der Waals surface area contributed by atoms with E-state index in [-0.39, 0.29) is 53.0 Å². The van der Waals surface area contributed by atoms with Crippen molar-refractivity contribution < 1.29 is 37.3 Å². The zero-order valence-corrected chi connectivity index (χ0v) is 27.7. The second-order valence-electron chi connectivity index (χ2n) is 12.3. The Morgan fingerprint density at radius 2 is 1.82 bits per heavy atom. The van der Waals surface area contributed by atoms with Gasteiger partial charge in [-0.1, -0.05) is 19.3 Å². The Balaban J connectivity index is 1.54. The number of carboxylic acid groups (broad SMARTS) is 1. The summed E-state index contributed by atoms with van der Waals surface area (Å²) < 4.78 is 52.6. The molecule has 0 atom stereocenters. The van der Waals surface area contributed by atoms with E-state index in [2.05, 4.69) is 30.2 Å². The number of carboxylic acids is 1. The monoisotopic (exact) mass is 684 g/mol. The number of likely N-dealkylation sites (N-methyl/N-ethyl adjacent to an activating group) is 1. The Hall–Kier alpha value is -4.99. The van der Waals surface area contributed by atoms with Crippen molar-refractivity contribution in [1.82, 2.24) is 24.9 Å². The molecule has 1 amide bonds. The molecule has 5 rings (SSSR count). The SMILES string of the molecule is CCOc1cc(-c2cc(N(C)CC3(COC)CCCCC3)c3[nH]c(NC(=O)c4ccc(N(C)CC(=O)O)cn4)nc3n2)cc(C(F)(F)F)n1. The van der Waals surface area contributed by atoms with Gasteiger partial charge in [-0.3, -0.25) is 14.9 Å². The van der Waals surface area contributed by atoms with E-state index < -0.39 is 23.7 Å². The summed E-state index contributed by atoms with van der Waals surface area (Å²) in [6.45, 7) is 2.68. The summed E-state index contributed by atoms with van der Waals surface area (Å²) in [7, 11) is 5.17. The summed E-state index contributed by atoms with van der Waals surface area (Å²) in [4.78, 5) is 47.7. The van der Waals surface area contributed by atoms with Gasteiger partial charge >= 0.3 is 12.1 Å². The van der Waals surface area contributed by atoms with E-state index >= 15 is 0 Å². The van der Waals surface area contributed by atoms with Crippen molar-refractivity contribution in [2.75, 3.05) is 62.6 Å². The first-order chi connectivity index (χ1) is 23.3. The first-order valence-electron chi connectivity index (χ1n) is 15.8. The number of anilines is 3. The van der Waals surface area contributed by atoms with Crippen LogP contribution in [0, 0.1) is 5.41 Å². The summed E-state index contributed by atoms with van der Waals surface area (Å²) in [5.74, 6) is -1.73. The molecule has 4 aromatic heterocycles. The van der Waals surface area contributed by atoms with Crippen LogP contribution in [-0.4, -0.2) is 89.4 Å².